The van der Waals surface area contributed by atoms with Crippen LogP contribution in [0.25, 0.3) is 0 Å². The molecule has 23 heavy (non-hydrogen) atoms. The number of unbranched alkanes of at least 4 members (excludes halogenated alkanes) is 1. The summed E-state index contributed by atoms with van der Waals surface area (Å²) in [4.78, 5) is 3.80. The van der Waals surface area contributed by atoms with Crippen molar-refractivity contribution in [2.75, 3.05) is 11.4 Å². The van der Waals surface area contributed by atoms with E-state index in [1.54, 1.807) is 11.9 Å². The third-order valence-corrected chi connectivity index (χ3v) is 5.85. The van der Waals surface area contributed by atoms with E-state index in [4.69, 9.17) is 0 Å². The SMILES string of the molecule is CCCCC1(CC)CN(c2ccccc2)c2ccccc2SN1. The number of anilines is 2. The molecule has 2 nitrogen and oxygen atoms in total. The molecule has 3 heteroatoms. The van der Waals surface area contributed by atoms with E-state index in [-0.39, 0.29) is 5.54 Å². The Labute approximate surface area is 144 Å². The largest absolute Gasteiger partial charge is 0.339 e. The van der Waals surface area contributed by atoms with E-state index >= 15 is 0 Å². The van der Waals surface area contributed by atoms with Gasteiger partial charge >= 0.3 is 0 Å². The summed E-state index contributed by atoms with van der Waals surface area (Å²) in [6.45, 7) is 5.59. The van der Waals surface area contributed by atoms with Gasteiger partial charge in [0, 0.05) is 22.7 Å². The number of nitrogens with one attached hydrogen (secondary N) is 1. The van der Waals surface area contributed by atoms with E-state index in [1.807, 2.05) is 0 Å². The Kier molecular flexibility index (Phi) is 5.29. The summed E-state index contributed by atoms with van der Waals surface area (Å²) in [6.07, 6.45) is 4.86. The maximum absolute atomic E-state index is 3.81. The third kappa shape index (κ3) is 3.56. The Bertz CT molecular complexity index is 629. The Morgan fingerprint density at radius 2 is 1.78 bits per heavy atom. The lowest BCUT2D eigenvalue weighted by Gasteiger charge is -2.37. The van der Waals surface area contributed by atoms with Crippen molar-refractivity contribution in [3.8, 4) is 0 Å². The Hall–Kier alpha value is -1.45. The fraction of sp³-hybridized carbons (Fsp3) is 0.400. The van der Waals surface area contributed by atoms with Crippen molar-refractivity contribution in [1.29, 1.82) is 0 Å². The van der Waals surface area contributed by atoms with E-state index in [2.05, 4.69) is 78.1 Å². The fourth-order valence-corrected chi connectivity index (χ4v) is 4.26. The van der Waals surface area contributed by atoms with Gasteiger partial charge in [0.15, 0.2) is 0 Å². The van der Waals surface area contributed by atoms with Crippen LogP contribution in [0.15, 0.2) is 59.5 Å². The predicted molar refractivity (Wildman–Crippen MR) is 101 cm³/mol. The smallest absolute Gasteiger partial charge is 0.0562 e. The highest BCUT2D eigenvalue weighted by molar-refractivity contribution is 7.97. The highest BCUT2D eigenvalue weighted by atomic mass is 32.2. The molecule has 0 aliphatic carbocycles. The first kappa shape index (κ1) is 16.4. The topological polar surface area (TPSA) is 15.3 Å². The summed E-state index contributed by atoms with van der Waals surface area (Å²) in [6, 6.07) is 19.5. The summed E-state index contributed by atoms with van der Waals surface area (Å²) in [7, 11) is 0. The molecule has 1 heterocycles. The minimum atomic E-state index is 0.148. The molecule has 1 N–H and O–H groups in total. The number of rotatable bonds is 5. The first-order valence-electron chi connectivity index (χ1n) is 8.63. The molecule has 0 amide bonds. The summed E-state index contributed by atoms with van der Waals surface area (Å²) >= 11 is 1.80. The number of para-hydroxylation sites is 2. The third-order valence-electron chi connectivity index (χ3n) is 4.75. The standard InChI is InChI=1S/C20H26N2S/c1-3-5-15-20(4-2)16-22(17-11-7-6-8-12-17)18-13-9-10-14-19(18)23-21-20/h6-14,21H,3-5,15-16H2,1-2H3. The first-order chi connectivity index (χ1) is 11.3. The van der Waals surface area contributed by atoms with Crippen molar-refractivity contribution in [3.05, 3.63) is 54.6 Å². The average molecular weight is 327 g/mol. The molecule has 2 aromatic rings. The van der Waals surface area contributed by atoms with Crippen LogP contribution in [-0.4, -0.2) is 12.1 Å². The number of hydrogen-bond donors (Lipinski definition) is 1. The van der Waals surface area contributed by atoms with Gasteiger partial charge in [-0.05, 0) is 49.1 Å². The van der Waals surface area contributed by atoms with Crippen molar-refractivity contribution in [1.82, 2.24) is 4.72 Å². The molecule has 0 bridgehead atoms. The molecule has 1 atom stereocenters. The summed E-state index contributed by atoms with van der Waals surface area (Å²) < 4.78 is 3.81. The van der Waals surface area contributed by atoms with Gasteiger partial charge in [-0.2, -0.15) is 0 Å². The van der Waals surface area contributed by atoms with E-state index in [9.17, 15) is 0 Å². The van der Waals surface area contributed by atoms with Crippen molar-refractivity contribution in [2.24, 2.45) is 0 Å². The molecule has 0 spiro atoms. The molecule has 1 aliphatic heterocycles. The zero-order valence-electron chi connectivity index (χ0n) is 14.1. The molecule has 0 saturated carbocycles. The van der Waals surface area contributed by atoms with Crippen molar-refractivity contribution in [2.45, 2.75) is 50.0 Å². The number of hydrogen-bond acceptors (Lipinski definition) is 3. The molecule has 122 valence electrons. The van der Waals surface area contributed by atoms with Crippen LogP contribution >= 0.6 is 11.9 Å². The quantitative estimate of drug-likeness (QED) is 0.702. The molecule has 1 aliphatic rings. The molecule has 0 fully saturated rings. The van der Waals surface area contributed by atoms with E-state index in [0.29, 0.717) is 0 Å². The number of benzene rings is 2. The van der Waals surface area contributed by atoms with Gasteiger partial charge in [0.2, 0.25) is 0 Å². The van der Waals surface area contributed by atoms with Crippen LogP contribution in [0, 0.1) is 0 Å². The Morgan fingerprint density at radius 3 is 2.52 bits per heavy atom. The molecule has 3 rings (SSSR count). The summed E-state index contributed by atoms with van der Waals surface area (Å²) in [5, 5.41) is 0. The molecule has 0 aromatic heterocycles. The Balaban J connectivity index is 2.01. The lowest BCUT2D eigenvalue weighted by Crippen LogP contribution is -2.48. The molecule has 2 aromatic carbocycles. The summed E-state index contributed by atoms with van der Waals surface area (Å²) in [5.74, 6) is 0. The van der Waals surface area contributed by atoms with Crippen molar-refractivity contribution < 1.29 is 0 Å². The monoisotopic (exact) mass is 326 g/mol. The maximum Gasteiger partial charge on any atom is 0.0562 e. The zero-order valence-corrected chi connectivity index (χ0v) is 14.9. The van der Waals surface area contributed by atoms with Crippen LogP contribution in [0.3, 0.4) is 0 Å². The second-order valence-electron chi connectivity index (χ2n) is 6.33. The second kappa shape index (κ2) is 7.41. The van der Waals surface area contributed by atoms with Crippen molar-refractivity contribution >= 4 is 23.3 Å². The molecule has 1 unspecified atom stereocenters. The van der Waals surface area contributed by atoms with E-state index in [1.165, 1.54) is 35.5 Å². The minimum Gasteiger partial charge on any atom is -0.339 e. The fourth-order valence-electron chi connectivity index (χ4n) is 3.19. The van der Waals surface area contributed by atoms with Gasteiger partial charge in [0.05, 0.1) is 5.69 Å². The van der Waals surface area contributed by atoms with Crippen LogP contribution in [0.5, 0.6) is 0 Å². The van der Waals surface area contributed by atoms with E-state index < -0.39 is 0 Å². The highest BCUT2D eigenvalue weighted by Gasteiger charge is 2.34. The average Bonchev–Trinajstić information content (AvgIpc) is 2.79. The molecule has 0 saturated heterocycles. The normalized spacial score (nSPS) is 20.9. The van der Waals surface area contributed by atoms with Gasteiger partial charge in [-0.15, -0.1) is 0 Å². The number of nitrogens with zero attached hydrogens (tertiary/aromatic N) is 1. The molecular formula is C20H26N2S. The lowest BCUT2D eigenvalue weighted by molar-refractivity contribution is 0.351. The zero-order chi connectivity index (χ0) is 16.1. The van der Waals surface area contributed by atoms with Gasteiger partial charge in [0.1, 0.15) is 0 Å². The minimum absolute atomic E-state index is 0.148. The lowest BCUT2D eigenvalue weighted by atomic mass is 9.90. The molecular weight excluding hydrogens is 300 g/mol. The molecule has 0 radical (unpaired) electrons. The van der Waals surface area contributed by atoms with Crippen molar-refractivity contribution in [3.63, 3.8) is 0 Å². The van der Waals surface area contributed by atoms with Gasteiger partial charge in [0.25, 0.3) is 0 Å². The van der Waals surface area contributed by atoms with Gasteiger partial charge in [-0.25, -0.2) is 0 Å². The maximum atomic E-state index is 3.81. The summed E-state index contributed by atoms with van der Waals surface area (Å²) in [5.41, 5.74) is 2.73. The van der Waals surface area contributed by atoms with Crippen LogP contribution in [0.4, 0.5) is 11.4 Å². The van der Waals surface area contributed by atoms with Crippen LogP contribution < -0.4 is 9.62 Å². The van der Waals surface area contributed by atoms with Crippen LogP contribution in [0.1, 0.15) is 39.5 Å². The van der Waals surface area contributed by atoms with Gasteiger partial charge < -0.3 is 4.90 Å². The first-order valence-corrected chi connectivity index (χ1v) is 9.45. The van der Waals surface area contributed by atoms with E-state index in [0.717, 1.165) is 13.0 Å². The Morgan fingerprint density at radius 1 is 1.04 bits per heavy atom. The highest BCUT2D eigenvalue weighted by Crippen LogP contribution is 2.40. The second-order valence-corrected chi connectivity index (χ2v) is 7.18. The van der Waals surface area contributed by atoms with Crippen LogP contribution in [-0.2, 0) is 0 Å². The number of fused-ring (bicyclic) bond motifs is 1. The predicted octanol–water partition coefficient (Wildman–Crippen LogP) is 5.77. The van der Waals surface area contributed by atoms with Gasteiger partial charge in [-0.1, -0.05) is 57.0 Å². The van der Waals surface area contributed by atoms with Crippen LogP contribution in [0.2, 0.25) is 0 Å². The van der Waals surface area contributed by atoms with Gasteiger partial charge in [-0.3, -0.25) is 4.72 Å².